The molecule has 0 saturated carbocycles. The zero-order chi connectivity index (χ0) is 9.64. The second kappa shape index (κ2) is 5.66. The molecule has 0 spiro atoms. The maximum atomic E-state index is 5.51. The molecule has 1 atom stereocenters. The van der Waals surface area contributed by atoms with Crippen LogP contribution >= 0.6 is 0 Å². The van der Waals surface area contributed by atoms with Crippen molar-refractivity contribution in [3.63, 3.8) is 0 Å². The normalized spacial score (nSPS) is 27.9. The Labute approximate surface area is 84.9 Å². The first-order valence-electron chi connectivity index (χ1n) is 5.47. The Balaban J connectivity index is 1.39. The zero-order valence-electron chi connectivity index (χ0n) is 8.54. The molecule has 0 bridgehead atoms. The molecule has 1 N–H and O–H groups in total. The van der Waals surface area contributed by atoms with Crippen molar-refractivity contribution in [2.24, 2.45) is 0 Å². The van der Waals surface area contributed by atoms with Crippen LogP contribution in [0.1, 0.15) is 12.8 Å². The molecule has 0 aromatic heterocycles. The van der Waals surface area contributed by atoms with Crippen molar-refractivity contribution in [3.8, 4) is 0 Å². The average molecular weight is 201 g/mol. The minimum atomic E-state index is 0.334. The minimum Gasteiger partial charge on any atom is -0.376 e. The molecule has 0 aromatic rings. The predicted octanol–water partition coefficient (Wildman–Crippen LogP) is 0.170. The van der Waals surface area contributed by atoms with Crippen LogP contribution in [0, 0.1) is 0 Å². The first-order valence-corrected chi connectivity index (χ1v) is 5.47. The fraction of sp³-hybridized carbons (Fsp3) is 1.00. The number of hydrogen-bond acceptors (Lipinski definition) is 4. The Morgan fingerprint density at radius 2 is 2.21 bits per heavy atom. The zero-order valence-corrected chi connectivity index (χ0v) is 8.54. The van der Waals surface area contributed by atoms with Gasteiger partial charge in [-0.25, -0.2) is 0 Å². The van der Waals surface area contributed by atoms with Gasteiger partial charge in [0.05, 0.1) is 32.0 Å². The van der Waals surface area contributed by atoms with Crippen LogP contribution < -0.4 is 5.32 Å². The molecule has 4 nitrogen and oxygen atoms in total. The van der Waals surface area contributed by atoms with E-state index in [4.69, 9.17) is 14.2 Å². The quantitative estimate of drug-likeness (QED) is 0.622. The number of rotatable bonds is 6. The van der Waals surface area contributed by atoms with Crippen molar-refractivity contribution in [2.45, 2.75) is 25.0 Å². The van der Waals surface area contributed by atoms with E-state index in [0.29, 0.717) is 25.4 Å². The molecule has 0 aromatic carbocycles. The molecule has 2 rings (SSSR count). The van der Waals surface area contributed by atoms with Crippen LogP contribution in [0.25, 0.3) is 0 Å². The van der Waals surface area contributed by atoms with E-state index in [9.17, 15) is 0 Å². The lowest BCUT2D eigenvalue weighted by Crippen LogP contribution is -2.48. The van der Waals surface area contributed by atoms with Gasteiger partial charge >= 0.3 is 0 Å². The predicted molar refractivity (Wildman–Crippen MR) is 52.4 cm³/mol. The Morgan fingerprint density at radius 3 is 2.86 bits per heavy atom. The summed E-state index contributed by atoms with van der Waals surface area (Å²) >= 11 is 0. The monoisotopic (exact) mass is 201 g/mol. The van der Waals surface area contributed by atoms with Crippen molar-refractivity contribution in [1.82, 2.24) is 5.32 Å². The summed E-state index contributed by atoms with van der Waals surface area (Å²) < 4.78 is 16.4. The van der Waals surface area contributed by atoms with E-state index in [1.165, 1.54) is 6.42 Å². The SMILES string of the molecule is C1COC(COCCOC2CNC2)C1. The van der Waals surface area contributed by atoms with E-state index in [1.54, 1.807) is 0 Å². The average Bonchev–Trinajstić information content (AvgIpc) is 2.60. The van der Waals surface area contributed by atoms with Crippen molar-refractivity contribution >= 4 is 0 Å². The molecule has 0 aliphatic carbocycles. The van der Waals surface area contributed by atoms with Gasteiger partial charge in [-0.1, -0.05) is 0 Å². The highest BCUT2D eigenvalue weighted by Crippen LogP contribution is 2.11. The van der Waals surface area contributed by atoms with Gasteiger partial charge in [0.2, 0.25) is 0 Å². The Morgan fingerprint density at radius 1 is 1.29 bits per heavy atom. The summed E-state index contributed by atoms with van der Waals surface area (Å²) in [6.45, 7) is 5.01. The maximum Gasteiger partial charge on any atom is 0.0824 e. The lowest BCUT2D eigenvalue weighted by atomic mass is 10.2. The van der Waals surface area contributed by atoms with Gasteiger partial charge in [-0.05, 0) is 12.8 Å². The first-order chi connectivity index (χ1) is 6.95. The summed E-state index contributed by atoms with van der Waals surface area (Å²) in [4.78, 5) is 0. The number of hydrogen-bond donors (Lipinski definition) is 1. The first kappa shape index (κ1) is 10.4. The van der Waals surface area contributed by atoms with Gasteiger partial charge in [0.25, 0.3) is 0 Å². The molecule has 14 heavy (non-hydrogen) atoms. The Hall–Kier alpha value is -0.160. The lowest BCUT2D eigenvalue weighted by molar-refractivity contribution is -0.0370. The van der Waals surface area contributed by atoms with Gasteiger partial charge in [0, 0.05) is 19.7 Å². The highest BCUT2D eigenvalue weighted by atomic mass is 16.6. The van der Waals surface area contributed by atoms with Crippen LogP contribution in [0.4, 0.5) is 0 Å². The second-order valence-electron chi connectivity index (χ2n) is 3.86. The van der Waals surface area contributed by atoms with Crippen LogP contribution in [0.5, 0.6) is 0 Å². The highest BCUT2D eigenvalue weighted by Gasteiger charge is 2.17. The van der Waals surface area contributed by atoms with Crippen LogP contribution in [0.3, 0.4) is 0 Å². The Bertz CT molecular complexity index is 155. The van der Waals surface area contributed by atoms with Crippen LogP contribution in [-0.2, 0) is 14.2 Å². The molecule has 0 amide bonds. The molecule has 2 fully saturated rings. The molecule has 4 heteroatoms. The van der Waals surface area contributed by atoms with E-state index >= 15 is 0 Å². The molecular weight excluding hydrogens is 182 g/mol. The molecule has 2 aliphatic rings. The van der Waals surface area contributed by atoms with E-state index in [2.05, 4.69) is 5.32 Å². The van der Waals surface area contributed by atoms with Crippen molar-refractivity contribution in [3.05, 3.63) is 0 Å². The lowest BCUT2D eigenvalue weighted by Gasteiger charge is -2.27. The largest absolute Gasteiger partial charge is 0.376 e. The van der Waals surface area contributed by atoms with E-state index in [-0.39, 0.29) is 0 Å². The third kappa shape index (κ3) is 3.20. The van der Waals surface area contributed by atoms with Crippen LogP contribution in [0.15, 0.2) is 0 Å². The van der Waals surface area contributed by atoms with E-state index in [0.717, 1.165) is 32.7 Å². The molecule has 2 heterocycles. The van der Waals surface area contributed by atoms with Gasteiger partial charge in [-0.2, -0.15) is 0 Å². The number of nitrogens with one attached hydrogen (secondary N) is 1. The third-order valence-corrected chi connectivity index (χ3v) is 2.65. The topological polar surface area (TPSA) is 39.7 Å². The highest BCUT2D eigenvalue weighted by molar-refractivity contribution is 4.74. The van der Waals surface area contributed by atoms with Crippen molar-refractivity contribution < 1.29 is 14.2 Å². The number of ether oxygens (including phenoxy) is 3. The molecule has 82 valence electrons. The summed E-state index contributed by atoms with van der Waals surface area (Å²) in [5.74, 6) is 0. The molecule has 0 radical (unpaired) electrons. The second-order valence-corrected chi connectivity index (χ2v) is 3.86. The fourth-order valence-corrected chi connectivity index (χ4v) is 1.64. The van der Waals surface area contributed by atoms with Gasteiger partial charge in [0.1, 0.15) is 0 Å². The summed E-state index contributed by atoms with van der Waals surface area (Å²) in [6, 6.07) is 0. The smallest absolute Gasteiger partial charge is 0.0824 e. The summed E-state index contributed by atoms with van der Waals surface area (Å²) in [5.41, 5.74) is 0. The molecule has 2 saturated heterocycles. The maximum absolute atomic E-state index is 5.51. The summed E-state index contributed by atoms with van der Waals surface area (Å²) in [6.07, 6.45) is 3.08. The van der Waals surface area contributed by atoms with E-state index < -0.39 is 0 Å². The molecular formula is C10H19NO3. The molecule has 1 unspecified atom stereocenters. The fourth-order valence-electron chi connectivity index (χ4n) is 1.64. The van der Waals surface area contributed by atoms with Crippen molar-refractivity contribution in [2.75, 3.05) is 39.5 Å². The van der Waals surface area contributed by atoms with E-state index in [1.807, 2.05) is 0 Å². The van der Waals surface area contributed by atoms with Gasteiger partial charge < -0.3 is 19.5 Å². The summed E-state index contributed by atoms with van der Waals surface area (Å²) in [5, 5.41) is 3.16. The third-order valence-electron chi connectivity index (χ3n) is 2.65. The Kier molecular flexibility index (Phi) is 4.19. The van der Waals surface area contributed by atoms with Gasteiger partial charge in [-0.3, -0.25) is 0 Å². The molecule has 2 aliphatic heterocycles. The van der Waals surface area contributed by atoms with Gasteiger partial charge in [0.15, 0.2) is 0 Å². The standard InChI is InChI=1S/C10H19NO3/c1-2-9(13-3-1)8-12-4-5-14-10-6-11-7-10/h9-11H,1-8H2. The van der Waals surface area contributed by atoms with Crippen LogP contribution in [0.2, 0.25) is 0 Å². The summed E-state index contributed by atoms with van der Waals surface area (Å²) in [7, 11) is 0. The van der Waals surface area contributed by atoms with Crippen molar-refractivity contribution in [1.29, 1.82) is 0 Å². The minimum absolute atomic E-state index is 0.334. The van der Waals surface area contributed by atoms with Crippen LogP contribution in [-0.4, -0.2) is 51.7 Å². The van der Waals surface area contributed by atoms with Gasteiger partial charge in [-0.15, -0.1) is 0 Å².